The second-order valence-electron chi connectivity index (χ2n) is 7.82. The van der Waals surface area contributed by atoms with Crippen LogP contribution >= 0.6 is 11.6 Å². The maximum atomic E-state index is 13.6. The third-order valence-corrected chi connectivity index (χ3v) is 8.85. The Hall–Kier alpha value is -3.08. The van der Waals surface area contributed by atoms with Gasteiger partial charge in [-0.3, -0.25) is 4.72 Å². The molecule has 0 fully saturated rings. The molecule has 1 heterocycles. The number of hydrazone groups is 1. The van der Waals surface area contributed by atoms with Gasteiger partial charge in [0.25, 0.3) is 10.0 Å². The van der Waals surface area contributed by atoms with Crippen molar-refractivity contribution in [2.24, 2.45) is 5.10 Å². The van der Waals surface area contributed by atoms with E-state index in [4.69, 9.17) is 16.3 Å². The number of rotatable bonds is 8. The molecule has 0 spiro atoms. The van der Waals surface area contributed by atoms with Crippen molar-refractivity contribution in [1.29, 1.82) is 0 Å². The van der Waals surface area contributed by atoms with Gasteiger partial charge in [-0.1, -0.05) is 41.9 Å². The molecule has 1 aliphatic rings. The van der Waals surface area contributed by atoms with Crippen LogP contribution in [-0.4, -0.2) is 39.8 Å². The molecule has 11 heteroatoms. The van der Waals surface area contributed by atoms with Crippen LogP contribution in [0.1, 0.15) is 30.5 Å². The van der Waals surface area contributed by atoms with Crippen LogP contribution in [0.25, 0.3) is 0 Å². The number of hydrogen-bond acceptors (Lipinski definition) is 6. The van der Waals surface area contributed by atoms with Crippen LogP contribution in [0, 0.1) is 0 Å². The first-order valence-corrected chi connectivity index (χ1v) is 14.2. The molecule has 0 bridgehead atoms. The molecular formula is C24H24ClN3O5S2. The number of ether oxygens (including phenoxy) is 1. The van der Waals surface area contributed by atoms with Gasteiger partial charge in [-0.15, -0.1) is 0 Å². The molecule has 1 N–H and O–H groups in total. The first-order chi connectivity index (χ1) is 16.6. The minimum atomic E-state index is -4.04. The fourth-order valence-electron chi connectivity index (χ4n) is 3.73. The third kappa shape index (κ3) is 5.29. The average molecular weight is 534 g/mol. The summed E-state index contributed by atoms with van der Waals surface area (Å²) in [7, 11) is -6.04. The SMILES string of the molecule is CCS(=O)(=O)Nc1ccccc1C1=NN(S(=O)(=O)c2ccc(Cl)cc2)C(c2ccc(OC)cc2)C1. The van der Waals surface area contributed by atoms with Crippen molar-refractivity contribution in [1.82, 2.24) is 4.41 Å². The zero-order valence-electron chi connectivity index (χ0n) is 19.0. The van der Waals surface area contributed by atoms with Gasteiger partial charge in [0.2, 0.25) is 10.0 Å². The summed E-state index contributed by atoms with van der Waals surface area (Å²) in [5.74, 6) is 0.540. The number of methoxy groups -OCH3 is 1. The van der Waals surface area contributed by atoms with Crippen molar-refractivity contribution in [3.8, 4) is 5.75 Å². The number of nitrogens with one attached hydrogen (secondary N) is 1. The highest BCUT2D eigenvalue weighted by Gasteiger charge is 2.38. The largest absolute Gasteiger partial charge is 0.497 e. The molecule has 8 nitrogen and oxygen atoms in total. The average Bonchev–Trinajstić information content (AvgIpc) is 3.31. The lowest BCUT2D eigenvalue weighted by molar-refractivity contribution is 0.370. The van der Waals surface area contributed by atoms with Gasteiger partial charge in [0, 0.05) is 17.0 Å². The maximum Gasteiger partial charge on any atom is 0.279 e. The van der Waals surface area contributed by atoms with Gasteiger partial charge in [0.05, 0.1) is 35.2 Å². The van der Waals surface area contributed by atoms with Crippen molar-refractivity contribution in [2.75, 3.05) is 17.6 Å². The molecule has 0 saturated carbocycles. The van der Waals surface area contributed by atoms with E-state index in [9.17, 15) is 16.8 Å². The molecule has 0 amide bonds. The molecule has 1 aliphatic heterocycles. The normalized spacial score (nSPS) is 16.1. The standard InChI is InChI=1S/C24H24ClN3O5S2/c1-3-34(29,30)27-22-7-5-4-6-21(22)23-16-24(17-8-12-19(33-2)13-9-17)28(26-23)35(31,32)20-14-10-18(25)11-15-20/h4-15,24,27H,3,16H2,1-2H3. The van der Waals surface area contributed by atoms with E-state index in [1.807, 2.05) is 0 Å². The number of nitrogens with zero attached hydrogens (tertiary/aromatic N) is 2. The van der Waals surface area contributed by atoms with Gasteiger partial charge in [-0.05, 0) is 55.0 Å². The number of anilines is 1. The summed E-state index contributed by atoms with van der Waals surface area (Å²) in [6.45, 7) is 1.54. The maximum absolute atomic E-state index is 13.6. The van der Waals surface area contributed by atoms with Crippen molar-refractivity contribution in [2.45, 2.75) is 24.3 Å². The van der Waals surface area contributed by atoms with Crippen LogP contribution in [0.2, 0.25) is 5.02 Å². The highest BCUT2D eigenvalue weighted by Crippen LogP contribution is 2.39. The molecule has 0 radical (unpaired) electrons. The lowest BCUT2D eigenvalue weighted by Gasteiger charge is -2.23. The number of sulfonamides is 2. The second kappa shape index (κ2) is 9.88. The zero-order valence-corrected chi connectivity index (χ0v) is 21.4. The van der Waals surface area contributed by atoms with Crippen molar-refractivity contribution >= 4 is 43.0 Å². The van der Waals surface area contributed by atoms with Crippen LogP contribution in [0.5, 0.6) is 5.75 Å². The Bertz CT molecular complexity index is 1460. The second-order valence-corrected chi connectivity index (χ2v) is 12.1. The fourth-order valence-corrected chi connectivity index (χ4v) is 5.94. The number of para-hydroxylation sites is 1. The van der Waals surface area contributed by atoms with Crippen molar-refractivity contribution < 1.29 is 21.6 Å². The highest BCUT2D eigenvalue weighted by molar-refractivity contribution is 7.92. The van der Waals surface area contributed by atoms with E-state index < -0.39 is 26.1 Å². The molecule has 0 aliphatic carbocycles. The highest BCUT2D eigenvalue weighted by atomic mass is 35.5. The Kier molecular flexibility index (Phi) is 7.07. The molecule has 4 rings (SSSR count). The van der Waals surface area contributed by atoms with E-state index in [-0.39, 0.29) is 17.1 Å². The molecule has 0 saturated heterocycles. The lowest BCUT2D eigenvalue weighted by atomic mass is 9.98. The molecule has 1 unspecified atom stereocenters. The molecule has 3 aromatic rings. The van der Waals surface area contributed by atoms with Crippen LogP contribution < -0.4 is 9.46 Å². The minimum Gasteiger partial charge on any atom is -0.497 e. The summed E-state index contributed by atoms with van der Waals surface area (Å²) >= 11 is 5.96. The van der Waals surface area contributed by atoms with E-state index >= 15 is 0 Å². The van der Waals surface area contributed by atoms with Gasteiger partial charge in [0.15, 0.2) is 0 Å². The topological polar surface area (TPSA) is 105 Å². The van der Waals surface area contributed by atoms with E-state index in [0.717, 1.165) is 4.41 Å². The molecule has 35 heavy (non-hydrogen) atoms. The first kappa shape index (κ1) is 25.0. The first-order valence-electron chi connectivity index (χ1n) is 10.8. The fraction of sp³-hybridized carbons (Fsp3) is 0.208. The van der Waals surface area contributed by atoms with E-state index in [1.165, 1.54) is 31.2 Å². The molecule has 3 aromatic carbocycles. The van der Waals surface area contributed by atoms with Crippen molar-refractivity contribution in [3.05, 3.63) is 88.9 Å². The predicted octanol–water partition coefficient (Wildman–Crippen LogP) is 4.65. The Morgan fingerprint density at radius 2 is 1.66 bits per heavy atom. The van der Waals surface area contributed by atoms with Crippen LogP contribution in [0.3, 0.4) is 0 Å². The Balaban J connectivity index is 1.81. The lowest BCUT2D eigenvalue weighted by Crippen LogP contribution is -2.27. The Morgan fingerprint density at radius 1 is 1.00 bits per heavy atom. The Morgan fingerprint density at radius 3 is 2.29 bits per heavy atom. The van der Waals surface area contributed by atoms with E-state index in [1.54, 1.807) is 55.6 Å². The van der Waals surface area contributed by atoms with Gasteiger partial charge >= 0.3 is 0 Å². The zero-order chi connectivity index (χ0) is 25.2. The predicted molar refractivity (Wildman–Crippen MR) is 137 cm³/mol. The molecular weight excluding hydrogens is 510 g/mol. The van der Waals surface area contributed by atoms with Crippen molar-refractivity contribution in [3.63, 3.8) is 0 Å². The molecule has 184 valence electrons. The monoisotopic (exact) mass is 533 g/mol. The molecule has 1 atom stereocenters. The Labute approximate surface area is 210 Å². The summed E-state index contributed by atoms with van der Waals surface area (Å²) in [6.07, 6.45) is 0.240. The quantitative estimate of drug-likeness (QED) is 0.453. The van der Waals surface area contributed by atoms with Gasteiger partial charge < -0.3 is 4.74 Å². The summed E-state index contributed by atoms with van der Waals surface area (Å²) in [4.78, 5) is 0.0467. The number of hydrogen-bond donors (Lipinski definition) is 1. The summed E-state index contributed by atoms with van der Waals surface area (Å²) in [6, 6.07) is 19.1. The third-order valence-electron chi connectivity index (χ3n) is 5.61. The van der Waals surface area contributed by atoms with E-state index in [2.05, 4.69) is 9.82 Å². The van der Waals surface area contributed by atoms with Crippen LogP contribution in [0.4, 0.5) is 5.69 Å². The molecule has 0 aromatic heterocycles. The summed E-state index contributed by atoms with van der Waals surface area (Å²) in [5, 5.41) is 4.92. The summed E-state index contributed by atoms with van der Waals surface area (Å²) in [5.41, 5.74) is 2.01. The van der Waals surface area contributed by atoms with Gasteiger partial charge in [0.1, 0.15) is 5.75 Å². The van der Waals surface area contributed by atoms with Crippen LogP contribution in [-0.2, 0) is 20.0 Å². The smallest absolute Gasteiger partial charge is 0.279 e. The number of halogens is 1. The van der Waals surface area contributed by atoms with E-state index in [0.29, 0.717) is 33.3 Å². The van der Waals surface area contributed by atoms with Gasteiger partial charge in [-0.2, -0.15) is 17.9 Å². The minimum absolute atomic E-state index is 0.0467. The number of benzene rings is 3. The van der Waals surface area contributed by atoms with Gasteiger partial charge in [-0.25, -0.2) is 8.42 Å². The summed E-state index contributed by atoms with van der Waals surface area (Å²) < 4.78 is 60.6. The van der Waals surface area contributed by atoms with Crippen LogP contribution in [0.15, 0.2) is 82.8 Å².